The van der Waals surface area contributed by atoms with Crippen LogP contribution in [0.4, 0.5) is 0 Å². The second-order valence-corrected chi connectivity index (χ2v) is 7.31. The maximum Gasteiger partial charge on any atom is 0.342 e. The third kappa shape index (κ3) is 3.59. The van der Waals surface area contributed by atoms with Crippen molar-refractivity contribution in [2.45, 2.75) is 19.0 Å². The van der Waals surface area contributed by atoms with Gasteiger partial charge in [0, 0.05) is 13.2 Å². The molecule has 88 valence electrons. The van der Waals surface area contributed by atoms with Crippen LogP contribution in [-0.4, -0.2) is 22.3 Å². The van der Waals surface area contributed by atoms with Gasteiger partial charge in [0.2, 0.25) is 0 Å². The van der Waals surface area contributed by atoms with Gasteiger partial charge in [0.1, 0.15) is 0 Å². The Morgan fingerprint density at radius 1 is 1.31 bits per heavy atom. The van der Waals surface area contributed by atoms with E-state index < -0.39 is 8.56 Å². The summed E-state index contributed by atoms with van der Waals surface area (Å²) < 4.78 is 11.5. The van der Waals surface area contributed by atoms with Gasteiger partial charge in [-0.25, -0.2) is 0 Å². The molecule has 0 aliphatic carbocycles. The Labute approximate surface area is 99.2 Å². The van der Waals surface area contributed by atoms with Crippen LogP contribution < -0.4 is 0 Å². The van der Waals surface area contributed by atoms with E-state index in [0.29, 0.717) is 6.61 Å². The fourth-order valence-electron chi connectivity index (χ4n) is 1.67. The van der Waals surface area contributed by atoms with Crippen LogP contribution in [0.15, 0.2) is 43.0 Å². The van der Waals surface area contributed by atoms with Crippen molar-refractivity contribution in [3.05, 3.63) is 48.6 Å². The summed E-state index contributed by atoms with van der Waals surface area (Å²) in [7, 11) is -0.325. The van der Waals surface area contributed by atoms with Crippen LogP contribution in [0, 0.1) is 0 Å². The number of hydrogen-bond acceptors (Lipinski definition) is 2. The van der Waals surface area contributed by atoms with Crippen LogP contribution in [0.5, 0.6) is 0 Å². The van der Waals surface area contributed by atoms with E-state index in [1.54, 1.807) is 13.2 Å². The predicted molar refractivity (Wildman–Crippen MR) is 69.5 cm³/mol. The van der Waals surface area contributed by atoms with Crippen LogP contribution in [0.2, 0.25) is 6.04 Å². The number of hydrogen-bond donors (Lipinski definition) is 0. The molecule has 0 aromatic heterocycles. The van der Waals surface area contributed by atoms with E-state index in [1.807, 2.05) is 18.2 Å². The molecular formula is C13H20O2Si. The standard InChI is InChI=1S/C13H20O2Si/c1-4-11-15-16(5-2,14-3)12-13-9-7-6-8-10-13/h4,6-10H,1,5,11-12H2,2-3H3. The molecule has 0 saturated carbocycles. The molecule has 0 aliphatic rings. The molecule has 0 N–H and O–H groups in total. The number of rotatable bonds is 7. The summed E-state index contributed by atoms with van der Waals surface area (Å²) in [6, 6.07) is 12.2. The lowest BCUT2D eigenvalue weighted by atomic mass is 10.2. The second kappa shape index (κ2) is 6.63. The van der Waals surface area contributed by atoms with Crippen molar-refractivity contribution in [1.29, 1.82) is 0 Å². The zero-order chi connectivity index (χ0) is 11.9. The predicted octanol–water partition coefficient (Wildman–Crippen LogP) is 3.08. The molecule has 1 rings (SSSR count). The van der Waals surface area contributed by atoms with E-state index in [0.717, 1.165) is 12.1 Å². The minimum absolute atomic E-state index is 0.570. The second-order valence-electron chi connectivity index (χ2n) is 3.73. The Balaban J connectivity index is 2.73. The molecule has 0 spiro atoms. The molecule has 0 radical (unpaired) electrons. The molecule has 1 atom stereocenters. The zero-order valence-electron chi connectivity index (χ0n) is 10.1. The highest BCUT2D eigenvalue weighted by Gasteiger charge is 2.34. The topological polar surface area (TPSA) is 18.5 Å². The van der Waals surface area contributed by atoms with Crippen LogP contribution in [0.3, 0.4) is 0 Å². The highest BCUT2D eigenvalue weighted by molar-refractivity contribution is 6.66. The van der Waals surface area contributed by atoms with Gasteiger partial charge in [-0.1, -0.05) is 43.3 Å². The number of benzene rings is 1. The van der Waals surface area contributed by atoms with Gasteiger partial charge < -0.3 is 8.85 Å². The van der Waals surface area contributed by atoms with Crippen molar-refractivity contribution in [2.75, 3.05) is 13.7 Å². The average Bonchev–Trinajstić information content (AvgIpc) is 2.36. The van der Waals surface area contributed by atoms with Gasteiger partial charge in [0.25, 0.3) is 0 Å². The minimum Gasteiger partial charge on any atom is -0.397 e. The van der Waals surface area contributed by atoms with Crippen LogP contribution in [0.25, 0.3) is 0 Å². The quantitative estimate of drug-likeness (QED) is 0.535. The third-order valence-corrected chi connectivity index (χ3v) is 6.15. The van der Waals surface area contributed by atoms with Crippen LogP contribution >= 0.6 is 0 Å². The van der Waals surface area contributed by atoms with Gasteiger partial charge >= 0.3 is 8.56 Å². The molecule has 0 heterocycles. The summed E-state index contributed by atoms with van der Waals surface area (Å²) in [6.07, 6.45) is 1.78. The Hall–Kier alpha value is -0.903. The molecule has 1 unspecified atom stereocenters. The lowest BCUT2D eigenvalue weighted by Crippen LogP contribution is -2.43. The first-order valence-corrected chi connectivity index (χ1v) is 7.83. The van der Waals surface area contributed by atoms with Crippen molar-refractivity contribution in [1.82, 2.24) is 0 Å². The first-order valence-electron chi connectivity index (χ1n) is 5.60. The molecule has 0 fully saturated rings. The largest absolute Gasteiger partial charge is 0.397 e. The van der Waals surface area contributed by atoms with E-state index in [2.05, 4.69) is 25.6 Å². The van der Waals surface area contributed by atoms with Gasteiger partial charge in [-0.15, -0.1) is 6.58 Å². The van der Waals surface area contributed by atoms with Gasteiger partial charge in [0.15, 0.2) is 0 Å². The van der Waals surface area contributed by atoms with Gasteiger partial charge in [0.05, 0.1) is 6.61 Å². The smallest absolute Gasteiger partial charge is 0.342 e. The maximum atomic E-state index is 5.88. The molecule has 2 nitrogen and oxygen atoms in total. The lowest BCUT2D eigenvalue weighted by Gasteiger charge is -2.27. The first kappa shape index (κ1) is 13.2. The first-order chi connectivity index (χ1) is 7.76. The van der Waals surface area contributed by atoms with Crippen molar-refractivity contribution < 1.29 is 8.85 Å². The highest BCUT2D eigenvalue weighted by Crippen LogP contribution is 2.18. The SMILES string of the molecule is C=CCO[Si](CC)(Cc1ccccc1)OC. The molecule has 16 heavy (non-hydrogen) atoms. The minimum atomic E-state index is -2.08. The summed E-state index contributed by atoms with van der Waals surface area (Å²) >= 11 is 0. The highest BCUT2D eigenvalue weighted by atomic mass is 28.4. The molecule has 0 amide bonds. The fourth-order valence-corrected chi connectivity index (χ4v) is 4.06. The summed E-state index contributed by atoms with van der Waals surface area (Å²) in [4.78, 5) is 0. The summed E-state index contributed by atoms with van der Waals surface area (Å²) in [5, 5.41) is 0. The molecule has 3 heteroatoms. The van der Waals surface area contributed by atoms with E-state index in [4.69, 9.17) is 8.85 Å². The monoisotopic (exact) mass is 236 g/mol. The maximum absolute atomic E-state index is 5.88. The van der Waals surface area contributed by atoms with Crippen molar-refractivity contribution >= 4 is 8.56 Å². The van der Waals surface area contributed by atoms with Crippen LogP contribution in [0.1, 0.15) is 12.5 Å². The van der Waals surface area contributed by atoms with E-state index in [9.17, 15) is 0 Å². The molecule has 0 bridgehead atoms. The lowest BCUT2D eigenvalue weighted by molar-refractivity contribution is 0.219. The summed E-state index contributed by atoms with van der Waals surface area (Å²) in [6.45, 7) is 6.38. The molecule has 0 aliphatic heterocycles. The van der Waals surface area contributed by atoms with Gasteiger partial charge in [-0.3, -0.25) is 0 Å². The van der Waals surface area contributed by atoms with Gasteiger partial charge in [-0.05, 0) is 11.6 Å². The average molecular weight is 236 g/mol. The summed E-state index contributed by atoms with van der Waals surface area (Å²) in [5.41, 5.74) is 1.28. The Bertz CT molecular complexity index is 307. The van der Waals surface area contributed by atoms with Crippen LogP contribution in [-0.2, 0) is 14.9 Å². The normalized spacial score (nSPS) is 14.4. The van der Waals surface area contributed by atoms with Crippen molar-refractivity contribution in [2.24, 2.45) is 0 Å². The van der Waals surface area contributed by atoms with E-state index in [-0.39, 0.29) is 0 Å². The molecule has 1 aromatic rings. The van der Waals surface area contributed by atoms with Crippen molar-refractivity contribution in [3.63, 3.8) is 0 Å². The molecule has 1 aromatic carbocycles. The van der Waals surface area contributed by atoms with E-state index in [1.165, 1.54) is 5.56 Å². The zero-order valence-corrected chi connectivity index (χ0v) is 11.1. The molecule has 0 saturated heterocycles. The molecular weight excluding hydrogens is 216 g/mol. The Morgan fingerprint density at radius 3 is 2.50 bits per heavy atom. The van der Waals surface area contributed by atoms with Gasteiger partial charge in [-0.2, -0.15) is 0 Å². The Morgan fingerprint density at radius 2 is 2.00 bits per heavy atom. The Kier molecular flexibility index (Phi) is 5.45. The summed E-state index contributed by atoms with van der Waals surface area (Å²) in [5.74, 6) is 0. The van der Waals surface area contributed by atoms with E-state index >= 15 is 0 Å². The third-order valence-electron chi connectivity index (χ3n) is 2.69. The van der Waals surface area contributed by atoms with Crippen molar-refractivity contribution in [3.8, 4) is 0 Å². The fraction of sp³-hybridized carbons (Fsp3) is 0.385.